The summed E-state index contributed by atoms with van der Waals surface area (Å²) in [6.45, 7) is 0.658. The van der Waals surface area contributed by atoms with Crippen LogP contribution in [-0.2, 0) is 13.1 Å². The average Bonchev–Trinajstić information content (AvgIpc) is 3.24. The van der Waals surface area contributed by atoms with Gasteiger partial charge in [0.1, 0.15) is 52.7 Å². The fourth-order valence-electron chi connectivity index (χ4n) is 6.52. The van der Waals surface area contributed by atoms with Crippen LogP contribution in [0, 0.1) is 126 Å². The van der Waals surface area contributed by atoms with Gasteiger partial charge in [0, 0.05) is 28.2 Å². The maximum Gasteiger partial charge on any atom is 0.229 e. The van der Waals surface area contributed by atoms with Crippen molar-refractivity contribution in [2.75, 3.05) is 0 Å². The first-order chi connectivity index (χ1) is 28.9. The van der Waals surface area contributed by atoms with E-state index >= 15 is 35.1 Å². The van der Waals surface area contributed by atoms with Crippen molar-refractivity contribution in [3.63, 3.8) is 0 Å². The Labute approximate surface area is 331 Å². The molecule has 1 aromatic heterocycles. The van der Waals surface area contributed by atoms with Crippen LogP contribution in [0.15, 0.2) is 54.9 Å². The van der Waals surface area contributed by atoms with Crippen molar-refractivity contribution in [2.24, 2.45) is 0 Å². The SMILES string of the molecule is Fc1c(F)c(F)c([B-](c2c(F)c(F)c(F)c(F)c2F)(c2c(F)c(F)c(F)c(F)c2F)c2c(F)c(F)c(F)c(F)c2F)c(F)c1F.O=[N+]([O-])Cc1cc[n+](Cc2ccccc2)cc1. The smallest absolute Gasteiger partial charge is 0.229 e. The lowest BCUT2D eigenvalue weighted by Gasteiger charge is -2.44. The number of pyridine rings is 1. The zero-order valence-corrected chi connectivity index (χ0v) is 29.5. The van der Waals surface area contributed by atoms with Gasteiger partial charge in [-0.25, -0.2) is 92.4 Å². The molecule has 0 saturated heterocycles. The summed E-state index contributed by atoms with van der Waals surface area (Å²) in [5, 5.41) is 10.3. The molecule has 0 aliphatic rings. The molecule has 5 aromatic carbocycles. The van der Waals surface area contributed by atoms with E-state index in [1.54, 1.807) is 12.1 Å². The molecule has 0 bridgehead atoms. The molecule has 6 rings (SSSR count). The standard InChI is InChI=1S/C24BF20.C13H13N2O2/c26-5-1(6(27)14(35)21(42)13(5)34)25(2-7(28)15(36)22(43)16(37)8(2)29,3-9(30)17(38)23(44)18(39)10(3)31)4-11(32)19(40)24(45)20(41)12(4)33;16-15(17)11-13-6-8-14(9-7-13)10-12-4-2-1-3-5-12/h;1-9H,10-11H2/q-1;+1. The third kappa shape index (κ3) is 7.52. The summed E-state index contributed by atoms with van der Waals surface area (Å²) in [4.78, 5) is 10.0. The number of benzene rings is 5. The lowest BCUT2D eigenvalue weighted by molar-refractivity contribution is -0.688. The monoisotopic (exact) mass is 908 g/mol. The van der Waals surface area contributed by atoms with Crippen LogP contribution < -0.4 is 26.4 Å². The van der Waals surface area contributed by atoms with Crippen LogP contribution in [0.5, 0.6) is 0 Å². The van der Waals surface area contributed by atoms with E-state index in [1.165, 1.54) is 5.56 Å². The molecule has 326 valence electrons. The Hall–Kier alpha value is -6.69. The van der Waals surface area contributed by atoms with Crippen LogP contribution in [0.2, 0.25) is 0 Å². The maximum atomic E-state index is 15.4. The minimum atomic E-state index is -7.22. The average molecular weight is 908 g/mol. The summed E-state index contributed by atoms with van der Waals surface area (Å²) >= 11 is 0. The summed E-state index contributed by atoms with van der Waals surface area (Å²) < 4.78 is 296. The minimum absolute atomic E-state index is 0.119. The molecule has 0 spiro atoms. The van der Waals surface area contributed by atoms with Crippen molar-refractivity contribution in [3.05, 3.63) is 192 Å². The van der Waals surface area contributed by atoms with Gasteiger partial charge in [-0.05, 0) is 0 Å². The van der Waals surface area contributed by atoms with E-state index in [0.717, 1.165) is 12.1 Å². The fraction of sp³-hybridized carbons (Fsp3) is 0.0541. The van der Waals surface area contributed by atoms with Gasteiger partial charge in [-0.2, -0.15) is 0 Å². The van der Waals surface area contributed by atoms with E-state index in [4.69, 9.17) is 0 Å². The van der Waals surface area contributed by atoms with Crippen LogP contribution in [0.25, 0.3) is 0 Å². The predicted octanol–water partition coefficient (Wildman–Crippen LogP) is 7.65. The Morgan fingerprint density at radius 3 is 0.855 bits per heavy atom. The van der Waals surface area contributed by atoms with Crippen molar-refractivity contribution in [1.29, 1.82) is 0 Å². The molecule has 0 amide bonds. The molecule has 0 radical (unpaired) electrons. The Morgan fingerprint density at radius 1 is 0.371 bits per heavy atom. The molecule has 62 heavy (non-hydrogen) atoms. The maximum absolute atomic E-state index is 15.4. The van der Waals surface area contributed by atoms with E-state index in [-0.39, 0.29) is 11.5 Å². The van der Waals surface area contributed by atoms with Crippen molar-refractivity contribution >= 4 is 28.0 Å². The largest absolute Gasteiger partial charge is 0.264 e. The molecular weight excluding hydrogens is 895 g/mol. The summed E-state index contributed by atoms with van der Waals surface area (Å²) in [6, 6.07) is 13.6. The molecule has 4 nitrogen and oxygen atoms in total. The summed E-state index contributed by atoms with van der Waals surface area (Å²) in [7, 11) is 0. The highest BCUT2D eigenvalue weighted by Crippen LogP contribution is 2.30. The number of rotatable bonds is 8. The van der Waals surface area contributed by atoms with E-state index < -0.39 is 144 Å². The van der Waals surface area contributed by atoms with E-state index in [9.17, 15) is 62.8 Å². The molecule has 0 fully saturated rings. The predicted molar refractivity (Wildman–Crippen MR) is 172 cm³/mol. The number of halogens is 20. The molecule has 1 heterocycles. The number of nitro groups is 1. The van der Waals surface area contributed by atoms with Gasteiger partial charge in [0.05, 0.1) is 0 Å². The minimum Gasteiger partial charge on any atom is -0.264 e. The Morgan fingerprint density at radius 2 is 0.613 bits per heavy atom. The van der Waals surface area contributed by atoms with E-state index in [0.29, 0.717) is 0 Å². The van der Waals surface area contributed by atoms with Crippen LogP contribution in [0.1, 0.15) is 11.1 Å². The topological polar surface area (TPSA) is 47.0 Å². The number of hydrogen-bond acceptors (Lipinski definition) is 2. The fourth-order valence-corrected chi connectivity index (χ4v) is 6.52. The zero-order valence-electron chi connectivity index (χ0n) is 29.5. The van der Waals surface area contributed by atoms with Gasteiger partial charge in [-0.15, -0.1) is 21.9 Å². The summed E-state index contributed by atoms with van der Waals surface area (Å²) in [5.41, 5.74) is -12.4. The van der Waals surface area contributed by atoms with Gasteiger partial charge in [-0.1, -0.05) is 30.3 Å². The normalized spacial score (nSPS) is 11.5. The second kappa shape index (κ2) is 17.4. The Kier molecular flexibility index (Phi) is 13.0. The van der Waals surface area contributed by atoms with Crippen molar-refractivity contribution in [1.82, 2.24) is 0 Å². The van der Waals surface area contributed by atoms with Crippen molar-refractivity contribution in [3.8, 4) is 0 Å². The number of nitrogens with zero attached hydrogens (tertiary/aromatic N) is 2. The first-order valence-corrected chi connectivity index (χ1v) is 16.3. The van der Waals surface area contributed by atoms with Crippen molar-refractivity contribution in [2.45, 2.75) is 13.1 Å². The van der Waals surface area contributed by atoms with Crippen molar-refractivity contribution < 1.29 is 97.3 Å². The van der Waals surface area contributed by atoms with E-state index in [2.05, 4.69) is 12.1 Å². The molecule has 0 N–H and O–H groups in total. The number of hydrogen-bond donors (Lipinski definition) is 0. The third-order valence-corrected chi connectivity index (χ3v) is 9.19. The van der Waals surface area contributed by atoms with Gasteiger partial charge < -0.3 is 0 Å². The Balaban J connectivity index is 0.000000355. The highest BCUT2D eigenvalue weighted by atomic mass is 19.2. The molecular formula is C37H13BF20N2O2. The van der Waals surface area contributed by atoms with E-state index in [1.807, 2.05) is 35.2 Å². The second-order valence-electron chi connectivity index (χ2n) is 12.7. The summed E-state index contributed by atoms with van der Waals surface area (Å²) in [5.74, 6) is -71.4. The highest BCUT2D eigenvalue weighted by molar-refractivity contribution is 7.20. The molecule has 25 heteroatoms. The van der Waals surface area contributed by atoms with Crippen LogP contribution in [0.3, 0.4) is 0 Å². The second-order valence-corrected chi connectivity index (χ2v) is 12.7. The zero-order chi connectivity index (χ0) is 46.4. The van der Waals surface area contributed by atoms with Gasteiger partial charge in [-0.3, -0.25) is 10.1 Å². The first kappa shape index (κ1) is 46.4. The molecule has 0 saturated carbocycles. The number of aromatic nitrogens is 1. The molecule has 0 aliphatic heterocycles. The quantitative estimate of drug-likeness (QED) is 0.0300. The summed E-state index contributed by atoms with van der Waals surface area (Å²) in [6.07, 6.45) is -3.48. The van der Waals surface area contributed by atoms with Gasteiger partial charge in [0.15, 0.2) is 88.7 Å². The Bertz CT molecular complexity index is 2390. The van der Waals surface area contributed by atoms with Gasteiger partial charge >= 0.3 is 0 Å². The van der Waals surface area contributed by atoms with Gasteiger partial charge in [0.2, 0.25) is 6.54 Å². The molecule has 0 unspecified atom stereocenters. The first-order valence-electron chi connectivity index (χ1n) is 16.3. The lowest BCUT2D eigenvalue weighted by Crippen LogP contribution is -2.81. The van der Waals surface area contributed by atoms with Crippen LogP contribution >= 0.6 is 0 Å². The van der Waals surface area contributed by atoms with Gasteiger partial charge in [0.25, 0.3) is 0 Å². The third-order valence-electron chi connectivity index (χ3n) is 9.19. The molecule has 0 atom stereocenters. The lowest BCUT2D eigenvalue weighted by atomic mass is 9.12. The molecule has 6 aromatic rings. The van der Waals surface area contributed by atoms with Crippen LogP contribution in [0.4, 0.5) is 87.8 Å². The van der Waals surface area contributed by atoms with Crippen LogP contribution in [-0.4, -0.2) is 11.1 Å². The highest BCUT2D eigenvalue weighted by Gasteiger charge is 2.52. The molecule has 0 aliphatic carbocycles.